The van der Waals surface area contributed by atoms with Gasteiger partial charge >= 0.3 is 0 Å². The minimum absolute atomic E-state index is 0.172. The van der Waals surface area contributed by atoms with Crippen LogP contribution in [0, 0.1) is 11.8 Å². The molecule has 0 saturated carbocycles. The third-order valence-corrected chi connectivity index (χ3v) is 3.49. The summed E-state index contributed by atoms with van der Waals surface area (Å²) in [6, 6.07) is 0.235. The molecule has 2 saturated heterocycles. The van der Waals surface area contributed by atoms with Crippen LogP contribution in [0.5, 0.6) is 0 Å². The van der Waals surface area contributed by atoms with Gasteiger partial charge in [0.25, 0.3) is 0 Å². The van der Waals surface area contributed by atoms with Crippen molar-refractivity contribution < 1.29 is 9.53 Å². The molecule has 4 heteroatoms. The van der Waals surface area contributed by atoms with Gasteiger partial charge < -0.3 is 15.0 Å². The van der Waals surface area contributed by atoms with Crippen molar-refractivity contribution in [2.75, 3.05) is 32.8 Å². The second-order valence-corrected chi connectivity index (χ2v) is 4.70. The van der Waals surface area contributed by atoms with E-state index in [2.05, 4.69) is 19.2 Å². The van der Waals surface area contributed by atoms with Crippen molar-refractivity contribution in [3.63, 3.8) is 0 Å². The molecule has 2 unspecified atom stereocenters. The van der Waals surface area contributed by atoms with E-state index in [1.807, 2.05) is 4.90 Å². The van der Waals surface area contributed by atoms with Crippen molar-refractivity contribution in [1.29, 1.82) is 0 Å². The van der Waals surface area contributed by atoms with Gasteiger partial charge in [-0.1, -0.05) is 6.92 Å². The first kappa shape index (κ1) is 10.9. The number of hydrogen-bond donors (Lipinski definition) is 1. The molecule has 2 aliphatic heterocycles. The minimum Gasteiger partial charge on any atom is -0.377 e. The van der Waals surface area contributed by atoms with Crippen molar-refractivity contribution >= 4 is 5.91 Å². The van der Waals surface area contributed by atoms with Gasteiger partial charge in [0.2, 0.25) is 5.91 Å². The largest absolute Gasteiger partial charge is 0.377 e. The monoisotopic (exact) mass is 212 g/mol. The second kappa shape index (κ2) is 4.49. The summed E-state index contributed by atoms with van der Waals surface area (Å²) < 4.78 is 5.34. The first-order valence-corrected chi connectivity index (χ1v) is 5.79. The SMILES string of the molecule is CC1CNCC1C(=O)N1CCOC[C@H]1C. The summed E-state index contributed by atoms with van der Waals surface area (Å²) >= 11 is 0. The fourth-order valence-electron chi connectivity index (χ4n) is 2.41. The molecule has 0 aromatic carbocycles. The summed E-state index contributed by atoms with van der Waals surface area (Å²) in [6.07, 6.45) is 0. The van der Waals surface area contributed by atoms with E-state index in [9.17, 15) is 4.79 Å². The standard InChI is InChI=1S/C11H20N2O2/c1-8-5-12-6-10(8)11(14)13-3-4-15-7-9(13)2/h8-10,12H,3-7H2,1-2H3/t8?,9-,10?/m1/s1. The highest BCUT2D eigenvalue weighted by Gasteiger charge is 2.35. The lowest BCUT2D eigenvalue weighted by molar-refractivity contribution is -0.144. The molecule has 0 aromatic rings. The smallest absolute Gasteiger partial charge is 0.227 e. The van der Waals surface area contributed by atoms with E-state index in [0.717, 1.165) is 19.6 Å². The van der Waals surface area contributed by atoms with Crippen molar-refractivity contribution in [3.05, 3.63) is 0 Å². The normalized spacial score (nSPS) is 36.9. The number of carbonyl (C=O) groups is 1. The number of morpholine rings is 1. The lowest BCUT2D eigenvalue weighted by Gasteiger charge is -2.35. The molecule has 1 N–H and O–H groups in total. The van der Waals surface area contributed by atoms with Crippen LogP contribution in [0.15, 0.2) is 0 Å². The van der Waals surface area contributed by atoms with Gasteiger partial charge in [0.05, 0.1) is 25.2 Å². The number of amides is 1. The van der Waals surface area contributed by atoms with E-state index < -0.39 is 0 Å². The first-order chi connectivity index (χ1) is 7.20. The van der Waals surface area contributed by atoms with Crippen molar-refractivity contribution in [2.45, 2.75) is 19.9 Å². The van der Waals surface area contributed by atoms with Crippen LogP contribution < -0.4 is 5.32 Å². The van der Waals surface area contributed by atoms with Crippen LogP contribution in [0.1, 0.15) is 13.8 Å². The molecule has 3 atom stereocenters. The van der Waals surface area contributed by atoms with Crippen LogP contribution in [0.3, 0.4) is 0 Å². The minimum atomic E-state index is 0.172. The fraction of sp³-hybridized carbons (Fsp3) is 0.909. The number of hydrogen-bond acceptors (Lipinski definition) is 3. The number of carbonyl (C=O) groups excluding carboxylic acids is 1. The Morgan fingerprint density at radius 1 is 1.40 bits per heavy atom. The predicted molar refractivity (Wildman–Crippen MR) is 57.5 cm³/mol. The molecule has 2 fully saturated rings. The molecule has 2 aliphatic rings. The number of rotatable bonds is 1. The molecule has 0 spiro atoms. The zero-order chi connectivity index (χ0) is 10.8. The Balaban J connectivity index is 1.99. The van der Waals surface area contributed by atoms with Crippen molar-refractivity contribution in [1.82, 2.24) is 10.2 Å². The maximum Gasteiger partial charge on any atom is 0.227 e. The second-order valence-electron chi connectivity index (χ2n) is 4.70. The van der Waals surface area contributed by atoms with E-state index in [1.54, 1.807) is 0 Å². The zero-order valence-electron chi connectivity index (χ0n) is 9.53. The summed E-state index contributed by atoms with van der Waals surface area (Å²) in [7, 11) is 0. The number of ether oxygens (including phenoxy) is 1. The lowest BCUT2D eigenvalue weighted by Crippen LogP contribution is -2.50. The van der Waals surface area contributed by atoms with Crippen LogP contribution in [0.4, 0.5) is 0 Å². The molecule has 0 aromatic heterocycles. The van der Waals surface area contributed by atoms with Crippen LogP contribution in [-0.4, -0.2) is 49.7 Å². The van der Waals surface area contributed by atoms with Crippen LogP contribution in [0.2, 0.25) is 0 Å². The van der Waals surface area contributed by atoms with E-state index in [1.165, 1.54) is 0 Å². The first-order valence-electron chi connectivity index (χ1n) is 5.79. The van der Waals surface area contributed by atoms with Gasteiger partial charge in [-0.05, 0) is 19.4 Å². The van der Waals surface area contributed by atoms with E-state index in [4.69, 9.17) is 4.74 Å². The number of nitrogens with zero attached hydrogens (tertiary/aromatic N) is 1. The Hall–Kier alpha value is -0.610. The molecule has 4 nitrogen and oxygen atoms in total. The maximum absolute atomic E-state index is 12.3. The van der Waals surface area contributed by atoms with Gasteiger partial charge in [-0.3, -0.25) is 4.79 Å². The Morgan fingerprint density at radius 3 is 2.80 bits per heavy atom. The molecule has 2 heterocycles. The fourth-order valence-corrected chi connectivity index (χ4v) is 2.41. The summed E-state index contributed by atoms with van der Waals surface area (Å²) in [4.78, 5) is 14.2. The van der Waals surface area contributed by atoms with E-state index in [0.29, 0.717) is 25.0 Å². The molecule has 15 heavy (non-hydrogen) atoms. The topological polar surface area (TPSA) is 41.6 Å². The molecule has 0 radical (unpaired) electrons. The Kier molecular flexibility index (Phi) is 3.26. The molecular weight excluding hydrogens is 192 g/mol. The Labute approximate surface area is 91.0 Å². The Morgan fingerprint density at radius 2 is 2.20 bits per heavy atom. The quantitative estimate of drug-likeness (QED) is 0.670. The van der Waals surface area contributed by atoms with Gasteiger partial charge in [-0.2, -0.15) is 0 Å². The third-order valence-electron chi connectivity index (χ3n) is 3.49. The van der Waals surface area contributed by atoms with E-state index >= 15 is 0 Å². The zero-order valence-corrected chi connectivity index (χ0v) is 9.53. The highest BCUT2D eigenvalue weighted by Crippen LogP contribution is 2.20. The summed E-state index contributed by atoms with van der Waals surface area (Å²) in [5, 5.41) is 3.28. The van der Waals surface area contributed by atoms with Crippen LogP contribution in [-0.2, 0) is 9.53 Å². The Bertz CT molecular complexity index is 245. The molecule has 86 valence electrons. The van der Waals surface area contributed by atoms with Gasteiger partial charge in [0.15, 0.2) is 0 Å². The van der Waals surface area contributed by atoms with Gasteiger partial charge in [-0.25, -0.2) is 0 Å². The van der Waals surface area contributed by atoms with Gasteiger partial charge in [0, 0.05) is 13.1 Å². The van der Waals surface area contributed by atoms with Crippen molar-refractivity contribution in [3.8, 4) is 0 Å². The molecule has 1 amide bonds. The van der Waals surface area contributed by atoms with Gasteiger partial charge in [0.1, 0.15) is 0 Å². The molecular formula is C11H20N2O2. The van der Waals surface area contributed by atoms with Crippen LogP contribution >= 0.6 is 0 Å². The number of nitrogens with one attached hydrogen (secondary N) is 1. The molecule has 2 rings (SSSR count). The molecule has 0 bridgehead atoms. The van der Waals surface area contributed by atoms with Gasteiger partial charge in [-0.15, -0.1) is 0 Å². The summed E-state index contributed by atoms with van der Waals surface area (Å²) in [6.45, 7) is 8.13. The summed E-state index contributed by atoms with van der Waals surface area (Å²) in [5.74, 6) is 0.946. The third kappa shape index (κ3) is 2.16. The molecule has 0 aliphatic carbocycles. The highest BCUT2D eigenvalue weighted by atomic mass is 16.5. The summed E-state index contributed by atoms with van der Waals surface area (Å²) in [5.41, 5.74) is 0. The highest BCUT2D eigenvalue weighted by molar-refractivity contribution is 5.80. The van der Waals surface area contributed by atoms with Crippen LogP contribution in [0.25, 0.3) is 0 Å². The van der Waals surface area contributed by atoms with E-state index in [-0.39, 0.29) is 12.0 Å². The average Bonchev–Trinajstić information content (AvgIpc) is 2.64. The van der Waals surface area contributed by atoms with Crippen molar-refractivity contribution in [2.24, 2.45) is 11.8 Å². The average molecular weight is 212 g/mol. The lowest BCUT2D eigenvalue weighted by atomic mass is 9.96. The predicted octanol–water partition coefficient (Wildman–Crippen LogP) is 0.0892. The maximum atomic E-state index is 12.3.